The van der Waals surface area contributed by atoms with E-state index in [2.05, 4.69) is 18.2 Å². The van der Waals surface area contributed by atoms with Crippen LogP contribution in [0.4, 0.5) is 0 Å². The number of hydrogen-bond acceptors (Lipinski definition) is 2. The van der Waals surface area contributed by atoms with Gasteiger partial charge in [0.05, 0.1) is 0 Å². The predicted octanol–water partition coefficient (Wildman–Crippen LogP) is 5.16. The molecule has 3 rings (SSSR count). The van der Waals surface area contributed by atoms with Gasteiger partial charge in [0.2, 0.25) is 0 Å². The smallest absolute Gasteiger partial charge is 0.164 e. The first kappa shape index (κ1) is 12.1. The van der Waals surface area contributed by atoms with Crippen LogP contribution in [0.1, 0.15) is 23.7 Å². The quantitative estimate of drug-likeness (QED) is 0.598. The van der Waals surface area contributed by atoms with Crippen LogP contribution in [-0.2, 0) is 0 Å². The van der Waals surface area contributed by atoms with Crippen LogP contribution in [0.25, 0.3) is 20.5 Å². The van der Waals surface area contributed by atoms with Crippen molar-refractivity contribution in [1.29, 1.82) is 0 Å². The first-order valence-electron chi connectivity index (χ1n) is 6.41. The van der Waals surface area contributed by atoms with E-state index in [9.17, 15) is 4.79 Å². The van der Waals surface area contributed by atoms with Gasteiger partial charge in [-0.05, 0) is 11.6 Å². The molecule has 0 bridgehead atoms. The van der Waals surface area contributed by atoms with Crippen molar-refractivity contribution in [2.75, 3.05) is 0 Å². The number of carbonyl (C=O) groups excluding carboxylic acids is 1. The van der Waals surface area contributed by atoms with Crippen molar-refractivity contribution >= 4 is 27.2 Å². The molecule has 0 atom stereocenters. The van der Waals surface area contributed by atoms with E-state index in [0.29, 0.717) is 6.42 Å². The second kappa shape index (κ2) is 4.98. The van der Waals surface area contributed by atoms with Gasteiger partial charge in [-0.15, -0.1) is 11.3 Å². The lowest BCUT2D eigenvalue weighted by atomic mass is 10.0. The van der Waals surface area contributed by atoms with Gasteiger partial charge in [0.25, 0.3) is 0 Å². The molecule has 0 radical (unpaired) electrons. The molecule has 0 aliphatic rings. The Hall–Kier alpha value is -1.93. The number of fused-ring (bicyclic) bond motifs is 1. The molecule has 1 heterocycles. The highest BCUT2D eigenvalue weighted by Crippen LogP contribution is 2.39. The van der Waals surface area contributed by atoms with Crippen LogP contribution in [0.15, 0.2) is 54.6 Å². The normalized spacial score (nSPS) is 10.8. The number of rotatable bonds is 3. The molecule has 0 spiro atoms. The summed E-state index contributed by atoms with van der Waals surface area (Å²) in [5.74, 6) is 0.219. The number of ketones is 1. The van der Waals surface area contributed by atoms with Gasteiger partial charge in [0.1, 0.15) is 0 Å². The second-order valence-corrected chi connectivity index (χ2v) is 5.50. The van der Waals surface area contributed by atoms with Gasteiger partial charge in [-0.2, -0.15) is 0 Å². The molecule has 0 amide bonds. The van der Waals surface area contributed by atoms with Crippen molar-refractivity contribution in [3.8, 4) is 10.4 Å². The topological polar surface area (TPSA) is 17.1 Å². The third-order valence-electron chi connectivity index (χ3n) is 3.23. The van der Waals surface area contributed by atoms with Crippen molar-refractivity contribution in [2.45, 2.75) is 13.3 Å². The van der Waals surface area contributed by atoms with Crippen molar-refractivity contribution in [3.63, 3.8) is 0 Å². The molecule has 94 valence electrons. The number of thiophene rings is 1. The summed E-state index contributed by atoms with van der Waals surface area (Å²) in [5.41, 5.74) is 2.01. The van der Waals surface area contributed by atoms with Crippen LogP contribution in [-0.4, -0.2) is 5.78 Å². The van der Waals surface area contributed by atoms with Crippen molar-refractivity contribution in [2.24, 2.45) is 0 Å². The average molecular weight is 266 g/mol. The van der Waals surface area contributed by atoms with Crippen molar-refractivity contribution in [3.05, 3.63) is 60.2 Å². The van der Waals surface area contributed by atoms with Crippen LogP contribution >= 0.6 is 11.3 Å². The Balaban J connectivity index is 2.32. The minimum atomic E-state index is 0.219. The number of hydrogen-bond donors (Lipinski definition) is 0. The van der Waals surface area contributed by atoms with E-state index in [1.165, 1.54) is 4.70 Å². The fourth-order valence-corrected chi connectivity index (χ4v) is 3.52. The number of carbonyl (C=O) groups is 1. The highest BCUT2D eigenvalue weighted by molar-refractivity contribution is 7.22. The fourth-order valence-electron chi connectivity index (χ4n) is 2.29. The Bertz CT molecular complexity index is 725. The minimum absolute atomic E-state index is 0.219. The molecule has 0 unspecified atom stereocenters. The summed E-state index contributed by atoms with van der Waals surface area (Å²) >= 11 is 1.70. The minimum Gasteiger partial charge on any atom is -0.294 e. The van der Waals surface area contributed by atoms with E-state index in [0.717, 1.165) is 21.4 Å². The van der Waals surface area contributed by atoms with Gasteiger partial charge < -0.3 is 0 Å². The maximum Gasteiger partial charge on any atom is 0.164 e. The van der Waals surface area contributed by atoms with Gasteiger partial charge in [0.15, 0.2) is 5.78 Å². The lowest BCUT2D eigenvalue weighted by Crippen LogP contribution is -1.97. The van der Waals surface area contributed by atoms with Gasteiger partial charge in [-0.1, -0.05) is 55.5 Å². The molecule has 1 nitrogen and oxygen atoms in total. The van der Waals surface area contributed by atoms with Gasteiger partial charge in [-0.3, -0.25) is 4.79 Å². The van der Waals surface area contributed by atoms with E-state index in [1.807, 2.05) is 43.3 Å². The molecule has 0 aliphatic heterocycles. The standard InChI is InChI=1S/C17H14OS/c1-2-14(18)16-13-10-6-7-11-15(13)19-17(16)12-8-4-3-5-9-12/h3-11H,2H2,1H3. The van der Waals surface area contributed by atoms with E-state index in [1.54, 1.807) is 11.3 Å². The summed E-state index contributed by atoms with van der Waals surface area (Å²) in [7, 11) is 0. The molecule has 0 saturated carbocycles. The zero-order valence-electron chi connectivity index (χ0n) is 10.7. The monoisotopic (exact) mass is 266 g/mol. The highest BCUT2D eigenvalue weighted by Gasteiger charge is 2.18. The molecule has 1 aromatic heterocycles. The third-order valence-corrected chi connectivity index (χ3v) is 4.45. The third kappa shape index (κ3) is 2.08. The summed E-state index contributed by atoms with van der Waals surface area (Å²) < 4.78 is 1.18. The highest BCUT2D eigenvalue weighted by atomic mass is 32.1. The summed E-state index contributed by atoms with van der Waals surface area (Å²) in [6.07, 6.45) is 0.542. The van der Waals surface area contributed by atoms with Crippen molar-refractivity contribution in [1.82, 2.24) is 0 Å². The van der Waals surface area contributed by atoms with Gasteiger partial charge in [0, 0.05) is 26.9 Å². The molecule has 0 saturated heterocycles. The Kier molecular flexibility index (Phi) is 3.18. The molecule has 0 aliphatic carbocycles. The SMILES string of the molecule is CCC(=O)c1c(-c2ccccc2)sc2ccccc12. The van der Waals surface area contributed by atoms with Crippen LogP contribution in [0, 0.1) is 0 Å². The summed E-state index contributed by atoms with van der Waals surface area (Å²) in [4.78, 5) is 13.4. The van der Waals surface area contributed by atoms with E-state index in [4.69, 9.17) is 0 Å². The molecule has 19 heavy (non-hydrogen) atoms. The lowest BCUT2D eigenvalue weighted by molar-refractivity contribution is 0.0990. The summed E-state index contributed by atoms with van der Waals surface area (Å²) in [5, 5.41) is 1.08. The second-order valence-electron chi connectivity index (χ2n) is 4.45. The lowest BCUT2D eigenvalue weighted by Gasteiger charge is -2.02. The van der Waals surface area contributed by atoms with Crippen LogP contribution in [0.2, 0.25) is 0 Å². The predicted molar refractivity (Wildman–Crippen MR) is 81.9 cm³/mol. The van der Waals surface area contributed by atoms with E-state index in [-0.39, 0.29) is 5.78 Å². The summed E-state index contributed by atoms with van der Waals surface area (Å²) in [6.45, 7) is 1.92. The zero-order valence-corrected chi connectivity index (χ0v) is 11.5. The largest absolute Gasteiger partial charge is 0.294 e. The van der Waals surface area contributed by atoms with Crippen LogP contribution < -0.4 is 0 Å². The fraction of sp³-hybridized carbons (Fsp3) is 0.118. The number of benzene rings is 2. The first-order valence-corrected chi connectivity index (χ1v) is 7.23. The van der Waals surface area contributed by atoms with E-state index >= 15 is 0 Å². The van der Waals surface area contributed by atoms with Crippen LogP contribution in [0.5, 0.6) is 0 Å². The maximum absolute atomic E-state index is 12.3. The molecular formula is C17H14OS. The average Bonchev–Trinajstić information content (AvgIpc) is 2.87. The Morgan fingerprint density at radius 1 is 1.00 bits per heavy atom. The molecular weight excluding hydrogens is 252 g/mol. The summed E-state index contributed by atoms with van der Waals surface area (Å²) in [6, 6.07) is 18.3. The molecule has 0 N–H and O–H groups in total. The Morgan fingerprint density at radius 2 is 1.68 bits per heavy atom. The van der Waals surface area contributed by atoms with Crippen LogP contribution in [0.3, 0.4) is 0 Å². The van der Waals surface area contributed by atoms with E-state index < -0.39 is 0 Å². The Labute approximate surface area is 116 Å². The molecule has 3 aromatic rings. The van der Waals surface area contributed by atoms with Gasteiger partial charge >= 0.3 is 0 Å². The zero-order chi connectivity index (χ0) is 13.2. The van der Waals surface area contributed by atoms with Gasteiger partial charge in [-0.25, -0.2) is 0 Å². The molecule has 2 heteroatoms. The molecule has 2 aromatic carbocycles. The maximum atomic E-state index is 12.3. The van der Waals surface area contributed by atoms with Crippen molar-refractivity contribution < 1.29 is 4.79 Å². The molecule has 0 fully saturated rings. The Morgan fingerprint density at radius 3 is 2.42 bits per heavy atom. The number of Topliss-reactive ketones (excluding diaryl/α,β-unsaturated/α-hetero) is 1. The first-order chi connectivity index (χ1) is 9.31.